The number of pyridine rings is 1. The van der Waals surface area contributed by atoms with Gasteiger partial charge in [0.2, 0.25) is 5.56 Å². The lowest BCUT2D eigenvalue weighted by Gasteiger charge is -2.06. The second kappa shape index (κ2) is 6.20. The van der Waals surface area contributed by atoms with E-state index in [-0.39, 0.29) is 17.2 Å². The average Bonchev–Trinajstić information content (AvgIpc) is 2.45. The third-order valence-corrected chi connectivity index (χ3v) is 2.92. The summed E-state index contributed by atoms with van der Waals surface area (Å²) in [5.74, 6) is 0.127. The molecule has 0 saturated heterocycles. The van der Waals surface area contributed by atoms with E-state index in [1.807, 2.05) is 24.3 Å². The molecule has 19 heavy (non-hydrogen) atoms. The normalized spacial score (nSPS) is 10.2. The summed E-state index contributed by atoms with van der Waals surface area (Å²) in [5, 5.41) is 2.74. The van der Waals surface area contributed by atoms with Gasteiger partial charge in [-0.3, -0.25) is 9.59 Å². The summed E-state index contributed by atoms with van der Waals surface area (Å²) in [4.78, 5) is 25.4. The Morgan fingerprint density at radius 2 is 1.89 bits per heavy atom. The van der Waals surface area contributed by atoms with Crippen LogP contribution in [0.5, 0.6) is 0 Å². The van der Waals surface area contributed by atoms with E-state index in [2.05, 4.69) is 10.3 Å². The number of benzene rings is 1. The second-order valence-electron chi connectivity index (χ2n) is 4.06. The lowest BCUT2D eigenvalue weighted by molar-refractivity contribution is 0.0945. The fraction of sp³-hybridized carbons (Fsp3) is 0.143. The summed E-state index contributed by atoms with van der Waals surface area (Å²) in [6, 6.07) is 12.1. The van der Waals surface area contributed by atoms with Gasteiger partial charge < -0.3 is 10.3 Å². The number of halogens is 1. The molecule has 2 aromatic rings. The molecule has 0 aliphatic carbocycles. The van der Waals surface area contributed by atoms with E-state index < -0.39 is 0 Å². The Bertz CT molecular complexity index is 637. The SMILES string of the molecule is O=C(NCc1cccc(CCl)c1)c1cccc(=O)[nH]1. The van der Waals surface area contributed by atoms with E-state index in [9.17, 15) is 9.59 Å². The van der Waals surface area contributed by atoms with Crippen molar-refractivity contribution in [2.45, 2.75) is 12.4 Å². The maximum Gasteiger partial charge on any atom is 0.268 e. The van der Waals surface area contributed by atoms with E-state index in [0.717, 1.165) is 11.1 Å². The van der Waals surface area contributed by atoms with Gasteiger partial charge in [0, 0.05) is 18.5 Å². The summed E-state index contributed by atoms with van der Waals surface area (Å²) >= 11 is 5.75. The first-order valence-corrected chi connectivity index (χ1v) is 6.34. The molecule has 1 aromatic carbocycles. The van der Waals surface area contributed by atoms with Gasteiger partial charge in [0.1, 0.15) is 5.69 Å². The molecule has 98 valence electrons. The molecule has 0 radical (unpaired) electrons. The Balaban J connectivity index is 2.02. The number of hydrogen-bond donors (Lipinski definition) is 2. The van der Waals surface area contributed by atoms with Gasteiger partial charge in [0.05, 0.1) is 0 Å². The Hall–Kier alpha value is -2.07. The van der Waals surface area contributed by atoms with Crippen molar-refractivity contribution in [3.8, 4) is 0 Å². The van der Waals surface area contributed by atoms with Crippen LogP contribution in [0.25, 0.3) is 0 Å². The maximum absolute atomic E-state index is 11.8. The van der Waals surface area contributed by atoms with Crippen molar-refractivity contribution in [3.05, 3.63) is 69.6 Å². The number of rotatable bonds is 4. The number of carbonyl (C=O) groups excluding carboxylic acids is 1. The molecule has 4 nitrogen and oxygen atoms in total. The van der Waals surface area contributed by atoms with Gasteiger partial charge in [-0.2, -0.15) is 0 Å². The predicted octanol–water partition coefficient (Wildman–Crippen LogP) is 2.04. The minimum absolute atomic E-state index is 0.251. The number of alkyl halides is 1. The number of carbonyl (C=O) groups is 1. The van der Waals surface area contributed by atoms with E-state index in [4.69, 9.17) is 11.6 Å². The van der Waals surface area contributed by atoms with Gasteiger partial charge >= 0.3 is 0 Å². The molecule has 0 aliphatic heterocycles. The fourth-order valence-corrected chi connectivity index (χ4v) is 1.85. The smallest absolute Gasteiger partial charge is 0.268 e. The zero-order chi connectivity index (χ0) is 13.7. The highest BCUT2D eigenvalue weighted by Crippen LogP contribution is 2.07. The van der Waals surface area contributed by atoms with Crippen molar-refractivity contribution in [1.82, 2.24) is 10.3 Å². The molecule has 0 saturated carbocycles. The van der Waals surface area contributed by atoms with Crippen LogP contribution in [0.4, 0.5) is 0 Å². The van der Waals surface area contributed by atoms with Gasteiger partial charge in [-0.1, -0.05) is 30.3 Å². The monoisotopic (exact) mass is 276 g/mol. The van der Waals surface area contributed by atoms with Gasteiger partial charge in [-0.05, 0) is 17.2 Å². The lowest BCUT2D eigenvalue weighted by Crippen LogP contribution is -2.25. The summed E-state index contributed by atoms with van der Waals surface area (Å²) in [6.07, 6.45) is 0. The number of hydrogen-bond acceptors (Lipinski definition) is 2. The standard InChI is InChI=1S/C14H13ClN2O2/c15-8-10-3-1-4-11(7-10)9-16-14(19)12-5-2-6-13(18)17-12/h1-7H,8-9H2,(H,16,19)(H,17,18). The third kappa shape index (κ3) is 3.69. The molecule has 0 atom stereocenters. The molecule has 0 spiro atoms. The summed E-state index contributed by atoms with van der Waals surface area (Å²) in [5.41, 5.74) is 1.92. The Labute approximate surface area is 115 Å². The molecule has 5 heteroatoms. The van der Waals surface area contributed by atoms with Crippen LogP contribution in [-0.2, 0) is 12.4 Å². The van der Waals surface area contributed by atoms with Crippen LogP contribution in [0, 0.1) is 0 Å². The molecular weight excluding hydrogens is 264 g/mol. The van der Waals surface area contributed by atoms with Gasteiger partial charge in [0.25, 0.3) is 5.91 Å². The van der Waals surface area contributed by atoms with E-state index in [1.165, 1.54) is 6.07 Å². The van der Waals surface area contributed by atoms with Crippen LogP contribution in [0.2, 0.25) is 0 Å². The average molecular weight is 277 g/mol. The topological polar surface area (TPSA) is 62.0 Å². The molecule has 2 N–H and O–H groups in total. The first-order valence-electron chi connectivity index (χ1n) is 5.80. The van der Waals surface area contributed by atoms with Crippen molar-refractivity contribution in [2.75, 3.05) is 0 Å². The van der Waals surface area contributed by atoms with Crippen LogP contribution in [0.3, 0.4) is 0 Å². The number of nitrogens with one attached hydrogen (secondary N) is 2. The quantitative estimate of drug-likeness (QED) is 0.840. The highest BCUT2D eigenvalue weighted by molar-refractivity contribution is 6.17. The number of H-pyrrole nitrogens is 1. The summed E-state index contributed by atoms with van der Waals surface area (Å²) < 4.78 is 0. The molecule has 2 rings (SSSR count). The van der Waals surface area contributed by atoms with E-state index in [1.54, 1.807) is 12.1 Å². The molecule has 0 fully saturated rings. The maximum atomic E-state index is 11.8. The van der Waals surface area contributed by atoms with E-state index in [0.29, 0.717) is 12.4 Å². The number of amides is 1. The van der Waals surface area contributed by atoms with Gasteiger partial charge in [-0.15, -0.1) is 11.6 Å². The minimum Gasteiger partial charge on any atom is -0.347 e. The van der Waals surface area contributed by atoms with Crippen molar-refractivity contribution in [1.29, 1.82) is 0 Å². The number of aromatic nitrogens is 1. The molecule has 0 bridgehead atoms. The zero-order valence-electron chi connectivity index (χ0n) is 10.2. The molecule has 1 heterocycles. The third-order valence-electron chi connectivity index (χ3n) is 2.61. The van der Waals surface area contributed by atoms with Crippen molar-refractivity contribution in [3.63, 3.8) is 0 Å². The Morgan fingerprint density at radius 1 is 1.16 bits per heavy atom. The first-order chi connectivity index (χ1) is 9.19. The predicted molar refractivity (Wildman–Crippen MR) is 74.2 cm³/mol. The lowest BCUT2D eigenvalue weighted by atomic mass is 10.1. The molecule has 1 aromatic heterocycles. The molecule has 1 amide bonds. The molecule has 0 aliphatic rings. The fourth-order valence-electron chi connectivity index (χ4n) is 1.68. The largest absolute Gasteiger partial charge is 0.347 e. The highest BCUT2D eigenvalue weighted by Gasteiger charge is 2.05. The van der Waals surface area contributed by atoms with Crippen LogP contribution >= 0.6 is 11.6 Å². The van der Waals surface area contributed by atoms with Crippen molar-refractivity contribution >= 4 is 17.5 Å². The van der Waals surface area contributed by atoms with Crippen LogP contribution in [0.1, 0.15) is 21.6 Å². The molecule has 0 unspecified atom stereocenters. The Morgan fingerprint density at radius 3 is 2.63 bits per heavy atom. The van der Waals surface area contributed by atoms with Crippen LogP contribution in [-0.4, -0.2) is 10.9 Å². The zero-order valence-corrected chi connectivity index (χ0v) is 10.9. The van der Waals surface area contributed by atoms with E-state index >= 15 is 0 Å². The molecular formula is C14H13ClN2O2. The number of aromatic amines is 1. The van der Waals surface area contributed by atoms with Crippen LogP contribution in [0.15, 0.2) is 47.3 Å². The first kappa shape index (κ1) is 13.4. The van der Waals surface area contributed by atoms with Crippen molar-refractivity contribution < 1.29 is 4.79 Å². The second-order valence-corrected chi connectivity index (χ2v) is 4.33. The van der Waals surface area contributed by atoms with Crippen molar-refractivity contribution in [2.24, 2.45) is 0 Å². The van der Waals surface area contributed by atoms with Crippen LogP contribution < -0.4 is 10.9 Å². The minimum atomic E-state index is -0.311. The van der Waals surface area contributed by atoms with Gasteiger partial charge in [0.15, 0.2) is 0 Å². The summed E-state index contributed by atoms with van der Waals surface area (Å²) in [7, 11) is 0. The van der Waals surface area contributed by atoms with Gasteiger partial charge in [-0.25, -0.2) is 0 Å². The Kier molecular flexibility index (Phi) is 4.36. The summed E-state index contributed by atoms with van der Waals surface area (Å²) in [6.45, 7) is 0.389. The highest BCUT2D eigenvalue weighted by atomic mass is 35.5.